The van der Waals surface area contributed by atoms with Gasteiger partial charge in [-0.15, -0.1) is 0 Å². The van der Waals surface area contributed by atoms with Crippen LogP contribution in [0, 0.1) is 0 Å². The Kier molecular flexibility index (Phi) is 4.45. The number of amides is 1. The Morgan fingerprint density at radius 2 is 1.67 bits per heavy atom. The molecular weight excluding hydrogens is 340 g/mol. The molecule has 0 aliphatic carbocycles. The summed E-state index contributed by atoms with van der Waals surface area (Å²) >= 11 is 0. The van der Waals surface area contributed by atoms with Crippen LogP contribution < -0.4 is 10.1 Å². The molecule has 0 fully saturated rings. The van der Waals surface area contributed by atoms with E-state index in [1.165, 1.54) is 0 Å². The minimum Gasteiger partial charge on any atom is -0.497 e. The van der Waals surface area contributed by atoms with Gasteiger partial charge in [-0.3, -0.25) is 4.79 Å². The SMILES string of the molecule is COc1ccc(NC(=O)c2cnn(-c3ccccc3)c2-n2cccc2)cc1. The van der Waals surface area contributed by atoms with Crippen molar-refractivity contribution < 1.29 is 9.53 Å². The van der Waals surface area contributed by atoms with Crippen LogP contribution in [0.3, 0.4) is 0 Å². The van der Waals surface area contributed by atoms with E-state index in [4.69, 9.17) is 4.74 Å². The van der Waals surface area contributed by atoms with Crippen LogP contribution in [0.25, 0.3) is 11.5 Å². The topological polar surface area (TPSA) is 61.1 Å². The van der Waals surface area contributed by atoms with E-state index in [9.17, 15) is 4.79 Å². The quantitative estimate of drug-likeness (QED) is 0.588. The summed E-state index contributed by atoms with van der Waals surface area (Å²) in [5.41, 5.74) is 2.04. The Morgan fingerprint density at radius 1 is 0.963 bits per heavy atom. The van der Waals surface area contributed by atoms with E-state index in [0.717, 1.165) is 11.4 Å². The number of hydrogen-bond acceptors (Lipinski definition) is 3. The second-order valence-corrected chi connectivity index (χ2v) is 5.90. The summed E-state index contributed by atoms with van der Waals surface area (Å²) in [6.07, 6.45) is 5.36. The molecule has 2 aromatic heterocycles. The lowest BCUT2D eigenvalue weighted by Crippen LogP contribution is -2.15. The number of carbonyl (C=O) groups is 1. The highest BCUT2D eigenvalue weighted by atomic mass is 16.5. The third-order valence-corrected chi connectivity index (χ3v) is 4.19. The van der Waals surface area contributed by atoms with E-state index in [-0.39, 0.29) is 5.91 Å². The predicted octanol–water partition coefficient (Wildman–Crippen LogP) is 3.92. The molecule has 0 bridgehead atoms. The maximum Gasteiger partial charge on any atom is 0.261 e. The predicted molar refractivity (Wildman–Crippen MR) is 104 cm³/mol. The molecule has 2 heterocycles. The Hall–Kier alpha value is -3.80. The standard InChI is InChI=1S/C21H18N4O2/c1-27-18-11-9-16(10-12-18)23-20(26)19-15-22-25(17-7-3-2-4-8-17)21(19)24-13-5-6-14-24/h2-15H,1H3,(H,23,26). The Morgan fingerprint density at radius 3 is 2.33 bits per heavy atom. The van der Waals surface area contributed by atoms with Gasteiger partial charge in [0, 0.05) is 18.1 Å². The highest BCUT2D eigenvalue weighted by Gasteiger charge is 2.20. The second-order valence-electron chi connectivity index (χ2n) is 5.90. The molecule has 6 nitrogen and oxygen atoms in total. The molecule has 134 valence electrons. The number of benzene rings is 2. The Balaban J connectivity index is 1.72. The van der Waals surface area contributed by atoms with Crippen molar-refractivity contribution in [3.05, 3.63) is 90.9 Å². The van der Waals surface area contributed by atoms with Crippen molar-refractivity contribution >= 4 is 11.6 Å². The van der Waals surface area contributed by atoms with Crippen molar-refractivity contribution in [1.29, 1.82) is 0 Å². The highest BCUT2D eigenvalue weighted by molar-refractivity contribution is 6.06. The number of ether oxygens (including phenoxy) is 1. The van der Waals surface area contributed by atoms with Gasteiger partial charge in [-0.25, -0.2) is 4.68 Å². The molecule has 0 saturated carbocycles. The van der Waals surface area contributed by atoms with Crippen LogP contribution in [0.1, 0.15) is 10.4 Å². The number of carbonyl (C=O) groups excluding carboxylic acids is 1. The zero-order valence-corrected chi connectivity index (χ0v) is 14.7. The van der Waals surface area contributed by atoms with Gasteiger partial charge in [0.1, 0.15) is 11.3 Å². The third kappa shape index (κ3) is 3.32. The molecule has 4 rings (SSSR count). The van der Waals surface area contributed by atoms with Gasteiger partial charge in [0.15, 0.2) is 5.82 Å². The van der Waals surface area contributed by atoms with Crippen molar-refractivity contribution in [2.45, 2.75) is 0 Å². The maximum atomic E-state index is 12.9. The molecule has 0 spiro atoms. The molecule has 0 atom stereocenters. The number of hydrogen-bond donors (Lipinski definition) is 1. The van der Waals surface area contributed by atoms with Crippen LogP contribution in [-0.4, -0.2) is 27.4 Å². The number of aromatic nitrogens is 3. The van der Waals surface area contributed by atoms with E-state index in [1.807, 2.05) is 59.4 Å². The summed E-state index contributed by atoms with van der Waals surface area (Å²) in [4.78, 5) is 12.9. The van der Waals surface area contributed by atoms with Crippen molar-refractivity contribution in [3.8, 4) is 17.3 Å². The Labute approximate surface area is 156 Å². The van der Waals surface area contributed by atoms with E-state index in [2.05, 4.69) is 10.4 Å². The number of anilines is 1. The molecule has 4 aromatic rings. The smallest absolute Gasteiger partial charge is 0.261 e. The van der Waals surface area contributed by atoms with E-state index in [0.29, 0.717) is 17.1 Å². The van der Waals surface area contributed by atoms with E-state index < -0.39 is 0 Å². The van der Waals surface area contributed by atoms with E-state index >= 15 is 0 Å². The first kappa shape index (κ1) is 16.7. The summed E-state index contributed by atoms with van der Waals surface area (Å²) in [5, 5.41) is 7.36. The summed E-state index contributed by atoms with van der Waals surface area (Å²) < 4.78 is 8.78. The van der Waals surface area contributed by atoms with Gasteiger partial charge in [-0.2, -0.15) is 5.10 Å². The molecule has 1 N–H and O–H groups in total. The third-order valence-electron chi connectivity index (χ3n) is 4.19. The first-order valence-electron chi connectivity index (χ1n) is 8.48. The van der Waals surface area contributed by atoms with Crippen molar-refractivity contribution in [3.63, 3.8) is 0 Å². The van der Waals surface area contributed by atoms with Crippen LogP contribution in [0.2, 0.25) is 0 Å². The zero-order valence-electron chi connectivity index (χ0n) is 14.7. The molecule has 6 heteroatoms. The summed E-state index contributed by atoms with van der Waals surface area (Å²) in [7, 11) is 1.61. The minimum atomic E-state index is -0.231. The van der Waals surface area contributed by atoms with Gasteiger partial charge in [0.2, 0.25) is 0 Å². The average Bonchev–Trinajstić information content (AvgIpc) is 3.38. The van der Waals surface area contributed by atoms with Crippen LogP contribution in [-0.2, 0) is 0 Å². The zero-order chi connectivity index (χ0) is 18.6. The fraction of sp³-hybridized carbons (Fsp3) is 0.0476. The lowest BCUT2D eigenvalue weighted by atomic mass is 10.2. The van der Waals surface area contributed by atoms with Crippen LogP contribution in [0.5, 0.6) is 5.75 Å². The number of methoxy groups -OCH3 is 1. The fourth-order valence-electron chi connectivity index (χ4n) is 2.86. The molecule has 1 amide bonds. The molecule has 0 unspecified atom stereocenters. The normalized spacial score (nSPS) is 10.6. The largest absolute Gasteiger partial charge is 0.497 e. The van der Waals surface area contributed by atoms with Crippen LogP contribution >= 0.6 is 0 Å². The number of rotatable bonds is 5. The number of para-hydroxylation sites is 1. The van der Waals surface area contributed by atoms with Gasteiger partial charge in [-0.1, -0.05) is 18.2 Å². The minimum absolute atomic E-state index is 0.231. The van der Waals surface area contributed by atoms with Gasteiger partial charge >= 0.3 is 0 Å². The summed E-state index contributed by atoms with van der Waals surface area (Å²) in [6.45, 7) is 0. The lowest BCUT2D eigenvalue weighted by molar-refractivity contribution is 0.102. The van der Waals surface area contributed by atoms with Gasteiger partial charge in [0.25, 0.3) is 5.91 Å². The highest BCUT2D eigenvalue weighted by Crippen LogP contribution is 2.22. The average molecular weight is 358 g/mol. The molecule has 0 aliphatic rings. The molecule has 2 aromatic carbocycles. The van der Waals surface area contributed by atoms with E-state index in [1.54, 1.807) is 42.3 Å². The first-order valence-corrected chi connectivity index (χ1v) is 8.48. The maximum absolute atomic E-state index is 12.9. The molecule has 0 aliphatic heterocycles. The van der Waals surface area contributed by atoms with Crippen molar-refractivity contribution in [1.82, 2.24) is 14.3 Å². The summed E-state index contributed by atoms with van der Waals surface area (Å²) in [6, 6.07) is 20.7. The summed E-state index contributed by atoms with van der Waals surface area (Å²) in [5.74, 6) is 1.18. The monoisotopic (exact) mass is 358 g/mol. The molecule has 0 radical (unpaired) electrons. The Bertz CT molecular complexity index is 1040. The second kappa shape index (κ2) is 7.21. The van der Waals surface area contributed by atoms with Gasteiger partial charge < -0.3 is 14.6 Å². The fourth-order valence-corrected chi connectivity index (χ4v) is 2.86. The van der Waals surface area contributed by atoms with Crippen LogP contribution in [0.15, 0.2) is 85.3 Å². The van der Waals surface area contributed by atoms with Gasteiger partial charge in [0.05, 0.1) is 19.0 Å². The molecular formula is C21H18N4O2. The van der Waals surface area contributed by atoms with Crippen molar-refractivity contribution in [2.24, 2.45) is 0 Å². The molecule has 0 saturated heterocycles. The molecule has 27 heavy (non-hydrogen) atoms. The van der Waals surface area contributed by atoms with Crippen molar-refractivity contribution in [2.75, 3.05) is 12.4 Å². The first-order chi connectivity index (χ1) is 13.3. The number of nitrogens with zero attached hydrogens (tertiary/aromatic N) is 3. The van der Waals surface area contributed by atoms with Gasteiger partial charge in [-0.05, 0) is 48.5 Å². The van der Waals surface area contributed by atoms with Crippen LogP contribution in [0.4, 0.5) is 5.69 Å². The number of nitrogens with one attached hydrogen (secondary N) is 1. The lowest BCUT2D eigenvalue weighted by Gasteiger charge is -2.11.